The van der Waals surface area contributed by atoms with Crippen LogP contribution in [0.3, 0.4) is 0 Å². The molecule has 0 unspecified atom stereocenters. The highest BCUT2D eigenvalue weighted by molar-refractivity contribution is 5.98. The van der Waals surface area contributed by atoms with Crippen LogP contribution in [0.2, 0.25) is 0 Å². The van der Waals surface area contributed by atoms with E-state index in [4.69, 9.17) is 0 Å². The Labute approximate surface area is 113 Å². The predicted molar refractivity (Wildman–Crippen MR) is 68.5 cm³/mol. The summed E-state index contributed by atoms with van der Waals surface area (Å²) in [5, 5.41) is 0. The first-order chi connectivity index (χ1) is 9.39. The molecule has 0 spiro atoms. The number of alkyl halides is 3. The molecule has 0 N–H and O–H groups in total. The van der Waals surface area contributed by atoms with Crippen molar-refractivity contribution in [2.45, 2.75) is 13.1 Å². The number of carbonyl (C=O) groups excluding carboxylic acids is 1. The van der Waals surface area contributed by atoms with Crippen LogP contribution in [0.1, 0.15) is 12.5 Å². The largest absolute Gasteiger partial charge is 0.416 e. The summed E-state index contributed by atoms with van der Waals surface area (Å²) in [5.41, 5.74) is -0.421. The van der Waals surface area contributed by atoms with E-state index in [0.717, 1.165) is 12.1 Å². The van der Waals surface area contributed by atoms with E-state index in [2.05, 4.69) is 4.98 Å². The molecule has 104 valence electrons. The van der Waals surface area contributed by atoms with E-state index in [1.54, 1.807) is 18.2 Å². The molecule has 0 aliphatic rings. The van der Waals surface area contributed by atoms with E-state index in [1.165, 1.54) is 30.2 Å². The molecular formula is C14H11F3N2O. The topological polar surface area (TPSA) is 33.2 Å². The van der Waals surface area contributed by atoms with Crippen LogP contribution in [-0.4, -0.2) is 10.9 Å². The van der Waals surface area contributed by atoms with Crippen molar-refractivity contribution >= 4 is 17.4 Å². The van der Waals surface area contributed by atoms with Gasteiger partial charge in [-0.2, -0.15) is 13.2 Å². The highest BCUT2D eigenvalue weighted by Crippen LogP contribution is 2.31. The van der Waals surface area contributed by atoms with E-state index in [1.807, 2.05) is 0 Å². The van der Waals surface area contributed by atoms with E-state index in [-0.39, 0.29) is 5.91 Å². The number of pyridine rings is 1. The normalized spacial score (nSPS) is 11.2. The molecule has 0 radical (unpaired) electrons. The molecule has 6 heteroatoms. The number of rotatable bonds is 2. The smallest absolute Gasteiger partial charge is 0.274 e. The van der Waals surface area contributed by atoms with Crippen molar-refractivity contribution in [3.05, 3.63) is 54.2 Å². The molecule has 1 aromatic carbocycles. The zero-order valence-electron chi connectivity index (χ0n) is 10.6. The molecule has 2 rings (SSSR count). The van der Waals surface area contributed by atoms with Gasteiger partial charge < -0.3 is 0 Å². The molecule has 2 aromatic rings. The van der Waals surface area contributed by atoms with Gasteiger partial charge in [-0.3, -0.25) is 9.69 Å². The summed E-state index contributed by atoms with van der Waals surface area (Å²) >= 11 is 0. The molecule has 0 aliphatic carbocycles. The molecule has 0 saturated carbocycles. The highest BCUT2D eigenvalue weighted by Gasteiger charge is 2.30. The van der Waals surface area contributed by atoms with Crippen molar-refractivity contribution in [2.75, 3.05) is 4.90 Å². The lowest BCUT2D eigenvalue weighted by molar-refractivity contribution is -0.137. The standard InChI is InChI=1S/C14H11F3N2O/c1-10(20)19(13-4-2-3-9-18-13)12-7-5-11(6-8-12)14(15,16)17/h2-9H,1H3. The second-order valence-corrected chi connectivity index (χ2v) is 4.09. The number of carbonyl (C=O) groups is 1. The minimum Gasteiger partial charge on any atom is -0.274 e. The minimum absolute atomic E-state index is 0.330. The lowest BCUT2D eigenvalue weighted by Crippen LogP contribution is -2.23. The molecular weight excluding hydrogens is 269 g/mol. The maximum atomic E-state index is 12.5. The first-order valence-electron chi connectivity index (χ1n) is 5.78. The Morgan fingerprint density at radius 3 is 2.20 bits per heavy atom. The van der Waals surface area contributed by atoms with Gasteiger partial charge in [-0.05, 0) is 36.4 Å². The van der Waals surface area contributed by atoms with Crippen LogP contribution >= 0.6 is 0 Å². The van der Waals surface area contributed by atoms with Crippen molar-refractivity contribution in [1.29, 1.82) is 0 Å². The van der Waals surface area contributed by atoms with Gasteiger partial charge in [0.05, 0.1) is 11.3 Å². The van der Waals surface area contributed by atoms with Gasteiger partial charge >= 0.3 is 6.18 Å². The average molecular weight is 280 g/mol. The Bertz CT molecular complexity index is 594. The van der Waals surface area contributed by atoms with Crippen LogP contribution < -0.4 is 4.90 Å². The maximum Gasteiger partial charge on any atom is 0.416 e. The summed E-state index contributed by atoms with van der Waals surface area (Å²) < 4.78 is 37.5. The number of benzene rings is 1. The number of halogens is 3. The Morgan fingerprint density at radius 1 is 1.10 bits per heavy atom. The van der Waals surface area contributed by atoms with Gasteiger partial charge in [0.2, 0.25) is 5.91 Å². The Balaban J connectivity index is 2.39. The maximum absolute atomic E-state index is 12.5. The summed E-state index contributed by atoms with van der Waals surface area (Å²) in [4.78, 5) is 17.0. The van der Waals surface area contributed by atoms with Crippen molar-refractivity contribution in [3.8, 4) is 0 Å². The van der Waals surface area contributed by atoms with E-state index in [0.29, 0.717) is 11.5 Å². The average Bonchev–Trinajstić information content (AvgIpc) is 2.39. The van der Waals surface area contributed by atoms with Crippen LogP contribution in [0.25, 0.3) is 0 Å². The zero-order valence-corrected chi connectivity index (χ0v) is 10.6. The molecule has 20 heavy (non-hydrogen) atoms. The van der Waals surface area contributed by atoms with Gasteiger partial charge in [0, 0.05) is 13.1 Å². The third-order valence-corrected chi connectivity index (χ3v) is 2.65. The van der Waals surface area contributed by atoms with Gasteiger partial charge in [0.1, 0.15) is 5.82 Å². The van der Waals surface area contributed by atoms with Gasteiger partial charge in [-0.1, -0.05) is 6.07 Å². The SMILES string of the molecule is CC(=O)N(c1ccc(C(F)(F)F)cc1)c1ccccn1. The third kappa shape index (κ3) is 2.96. The molecule has 1 aromatic heterocycles. The molecule has 0 bridgehead atoms. The fraction of sp³-hybridized carbons (Fsp3) is 0.143. The summed E-state index contributed by atoms with van der Waals surface area (Å²) in [6.07, 6.45) is -2.89. The van der Waals surface area contributed by atoms with Crippen LogP contribution in [0.4, 0.5) is 24.7 Å². The monoisotopic (exact) mass is 280 g/mol. The molecule has 3 nitrogen and oxygen atoms in total. The van der Waals surface area contributed by atoms with E-state index >= 15 is 0 Å². The van der Waals surface area contributed by atoms with Gasteiger partial charge in [0.15, 0.2) is 0 Å². The molecule has 0 fully saturated rings. The van der Waals surface area contributed by atoms with Crippen LogP contribution in [0, 0.1) is 0 Å². The number of aromatic nitrogens is 1. The summed E-state index contributed by atoms with van der Waals surface area (Å²) in [6.45, 7) is 1.33. The summed E-state index contributed by atoms with van der Waals surface area (Å²) in [6, 6.07) is 9.37. The molecule has 1 amide bonds. The fourth-order valence-electron chi connectivity index (χ4n) is 1.76. The number of anilines is 2. The van der Waals surface area contributed by atoms with E-state index < -0.39 is 11.7 Å². The van der Waals surface area contributed by atoms with Crippen LogP contribution in [0.15, 0.2) is 48.7 Å². The Kier molecular flexibility index (Phi) is 3.74. The van der Waals surface area contributed by atoms with Gasteiger partial charge in [-0.25, -0.2) is 4.98 Å². The quantitative estimate of drug-likeness (QED) is 0.838. The second kappa shape index (κ2) is 5.32. The molecule has 0 aliphatic heterocycles. The lowest BCUT2D eigenvalue weighted by atomic mass is 10.2. The third-order valence-electron chi connectivity index (χ3n) is 2.65. The first kappa shape index (κ1) is 14.0. The molecule has 1 heterocycles. The zero-order chi connectivity index (χ0) is 14.8. The predicted octanol–water partition coefficient (Wildman–Crippen LogP) is 3.79. The minimum atomic E-state index is -4.40. The number of amides is 1. The molecule has 0 saturated heterocycles. The molecule has 0 atom stereocenters. The highest BCUT2D eigenvalue weighted by atomic mass is 19.4. The van der Waals surface area contributed by atoms with Crippen LogP contribution in [0.5, 0.6) is 0 Å². The number of hydrogen-bond acceptors (Lipinski definition) is 2. The van der Waals surface area contributed by atoms with Gasteiger partial charge in [0.25, 0.3) is 0 Å². The lowest BCUT2D eigenvalue weighted by Gasteiger charge is -2.20. The van der Waals surface area contributed by atoms with Crippen LogP contribution in [-0.2, 0) is 11.0 Å². The summed E-state index contributed by atoms with van der Waals surface area (Å²) in [7, 11) is 0. The fourth-order valence-corrected chi connectivity index (χ4v) is 1.76. The summed E-state index contributed by atoms with van der Waals surface area (Å²) in [5.74, 6) is 0.0308. The second-order valence-electron chi connectivity index (χ2n) is 4.09. The Hall–Kier alpha value is -2.37. The van der Waals surface area contributed by atoms with E-state index in [9.17, 15) is 18.0 Å². The van der Waals surface area contributed by atoms with Crippen molar-refractivity contribution in [3.63, 3.8) is 0 Å². The number of hydrogen-bond donors (Lipinski definition) is 0. The Morgan fingerprint density at radius 2 is 1.75 bits per heavy atom. The van der Waals surface area contributed by atoms with Gasteiger partial charge in [-0.15, -0.1) is 0 Å². The first-order valence-corrected chi connectivity index (χ1v) is 5.78. The van der Waals surface area contributed by atoms with Crippen molar-refractivity contribution < 1.29 is 18.0 Å². The van der Waals surface area contributed by atoms with Crippen molar-refractivity contribution in [2.24, 2.45) is 0 Å². The van der Waals surface area contributed by atoms with Crippen molar-refractivity contribution in [1.82, 2.24) is 4.98 Å². The number of nitrogens with zero attached hydrogens (tertiary/aromatic N) is 2.